The van der Waals surface area contributed by atoms with E-state index in [2.05, 4.69) is 11.2 Å². The number of hydrogen-bond acceptors (Lipinski definition) is 4. The summed E-state index contributed by atoms with van der Waals surface area (Å²) in [4.78, 5) is 27.8. The first-order chi connectivity index (χ1) is 14.5. The highest BCUT2D eigenvalue weighted by molar-refractivity contribution is 5.91. The van der Waals surface area contributed by atoms with Crippen molar-refractivity contribution >= 4 is 5.91 Å². The van der Waals surface area contributed by atoms with Crippen LogP contribution in [0.5, 0.6) is 0 Å². The van der Waals surface area contributed by atoms with Crippen LogP contribution in [-0.2, 0) is 6.54 Å². The van der Waals surface area contributed by atoms with Crippen LogP contribution in [0.1, 0.15) is 54.0 Å². The van der Waals surface area contributed by atoms with Crippen molar-refractivity contribution in [2.45, 2.75) is 38.6 Å². The molecule has 0 saturated carbocycles. The van der Waals surface area contributed by atoms with Gasteiger partial charge in [-0.05, 0) is 35.4 Å². The number of carbonyl (C=O) groups excluding carboxylic acids is 1. The molecule has 1 aromatic carbocycles. The molecule has 3 aromatic rings. The SMILES string of the molecule is CC(C)c1cc(C(=O)N2C[C@@H]3C[C@H](C2)c2cc(-c4ccccc4)cc(=O)n2C3)on1. The van der Waals surface area contributed by atoms with E-state index in [1.54, 1.807) is 12.1 Å². The van der Waals surface area contributed by atoms with Crippen molar-refractivity contribution in [3.8, 4) is 11.1 Å². The number of carbonyl (C=O) groups is 1. The van der Waals surface area contributed by atoms with Crippen LogP contribution in [0.25, 0.3) is 11.1 Å². The molecule has 6 heteroatoms. The average Bonchev–Trinajstić information content (AvgIpc) is 3.25. The average molecular weight is 403 g/mol. The minimum atomic E-state index is -0.112. The van der Waals surface area contributed by atoms with Gasteiger partial charge in [0.05, 0.1) is 5.69 Å². The molecule has 30 heavy (non-hydrogen) atoms. The third-order valence-electron chi connectivity index (χ3n) is 6.28. The summed E-state index contributed by atoms with van der Waals surface area (Å²) in [5, 5.41) is 4.03. The Labute approximate surface area is 175 Å². The van der Waals surface area contributed by atoms with E-state index in [9.17, 15) is 9.59 Å². The molecule has 4 heterocycles. The summed E-state index contributed by atoms with van der Waals surface area (Å²) in [6.07, 6.45) is 0.995. The lowest BCUT2D eigenvalue weighted by Crippen LogP contribution is -2.49. The molecule has 2 atom stereocenters. The number of fused-ring (bicyclic) bond motifs is 4. The maximum absolute atomic E-state index is 13.1. The first-order valence-electron chi connectivity index (χ1n) is 10.6. The Bertz CT molecular complexity index is 1150. The first-order valence-corrected chi connectivity index (χ1v) is 10.6. The van der Waals surface area contributed by atoms with Crippen LogP contribution in [0, 0.1) is 5.92 Å². The van der Waals surface area contributed by atoms with Gasteiger partial charge in [-0.25, -0.2) is 0 Å². The van der Waals surface area contributed by atoms with Gasteiger partial charge >= 0.3 is 0 Å². The second kappa shape index (κ2) is 7.27. The van der Waals surface area contributed by atoms with E-state index in [4.69, 9.17) is 4.52 Å². The Morgan fingerprint density at radius 2 is 1.87 bits per heavy atom. The summed E-state index contributed by atoms with van der Waals surface area (Å²) >= 11 is 0. The van der Waals surface area contributed by atoms with E-state index >= 15 is 0 Å². The first kappa shape index (κ1) is 18.9. The zero-order valence-corrected chi connectivity index (χ0v) is 17.2. The molecule has 6 nitrogen and oxygen atoms in total. The molecule has 5 rings (SSSR count). The Morgan fingerprint density at radius 1 is 1.07 bits per heavy atom. The van der Waals surface area contributed by atoms with Crippen molar-refractivity contribution in [3.05, 3.63) is 76.0 Å². The summed E-state index contributed by atoms with van der Waals surface area (Å²) in [5.74, 6) is 0.817. The van der Waals surface area contributed by atoms with Crippen molar-refractivity contribution in [2.75, 3.05) is 13.1 Å². The molecule has 2 aromatic heterocycles. The normalized spacial score (nSPS) is 20.3. The van der Waals surface area contributed by atoms with E-state index in [0.29, 0.717) is 25.4 Å². The number of benzene rings is 1. The second-order valence-corrected chi connectivity index (χ2v) is 8.76. The number of piperidine rings is 1. The van der Waals surface area contributed by atoms with Gasteiger partial charge in [0, 0.05) is 43.4 Å². The van der Waals surface area contributed by atoms with Gasteiger partial charge in [0.2, 0.25) is 5.76 Å². The predicted molar refractivity (Wildman–Crippen MR) is 113 cm³/mol. The molecule has 0 N–H and O–H groups in total. The van der Waals surface area contributed by atoms with E-state index < -0.39 is 0 Å². The van der Waals surface area contributed by atoms with Crippen molar-refractivity contribution < 1.29 is 9.32 Å². The maximum Gasteiger partial charge on any atom is 0.292 e. The van der Waals surface area contributed by atoms with E-state index in [1.807, 2.05) is 53.6 Å². The van der Waals surface area contributed by atoms with Crippen LogP contribution in [0.2, 0.25) is 0 Å². The van der Waals surface area contributed by atoms with Gasteiger partial charge in [-0.3, -0.25) is 9.59 Å². The molecule has 0 spiro atoms. The zero-order valence-electron chi connectivity index (χ0n) is 17.2. The number of rotatable bonds is 3. The predicted octanol–water partition coefficient (Wildman–Crippen LogP) is 3.89. The van der Waals surface area contributed by atoms with E-state index in [-0.39, 0.29) is 29.2 Å². The molecular formula is C24H25N3O3. The van der Waals surface area contributed by atoms with Gasteiger partial charge in [0.1, 0.15) is 0 Å². The Hall–Kier alpha value is -3.15. The third kappa shape index (κ3) is 3.26. The number of likely N-dealkylation sites (tertiary alicyclic amines) is 1. The minimum Gasteiger partial charge on any atom is -0.351 e. The fourth-order valence-electron chi connectivity index (χ4n) is 4.74. The molecule has 0 unspecified atom stereocenters. The van der Waals surface area contributed by atoms with Crippen molar-refractivity contribution in [3.63, 3.8) is 0 Å². The Balaban J connectivity index is 1.45. The summed E-state index contributed by atoms with van der Waals surface area (Å²) in [6.45, 7) is 5.92. The quantitative estimate of drug-likeness (QED) is 0.665. The van der Waals surface area contributed by atoms with Crippen LogP contribution in [-0.4, -0.2) is 33.6 Å². The molecule has 2 aliphatic heterocycles. The molecule has 1 saturated heterocycles. The number of nitrogens with zero attached hydrogens (tertiary/aromatic N) is 3. The van der Waals surface area contributed by atoms with Crippen LogP contribution in [0.4, 0.5) is 0 Å². The fraction of sp³-hybridized carbons (Fsp3) is 0.375. The topological polar surface area (TPSA) is 68.3 Å². The summed E-state index contributed by atoms with van der Waals surface area (Å²) in [5.41, 5.74) is 3.82. The smallest absolute Gasteiger partial charge is 0.292 e. The molecule has 2 aliphatic rings. The standard InChI is InChI=1S/C24H25N3O3/c1-15(2)20-11-22(30-25-20)24(29)26-12-16-8-19(14-26)21-9-18(10-23(28)27(21)13-16)17-6-4-3-5-7-17/h3-7,9-11,15-16,19H,8,12-14H2,1-2H3/t16-,19+/m0/s1. The van der Waals surface area contributed by atoms with Crippen LogP contribution in [0.15, 0.2) is 57.8 Å². The zero-order chi connectivity index (χ0) is 20.8. The van der Waals surface area contributed by atoms with Gasteiger partial charge in [0.15, 0.2) is 0 Å². The van der Waals surface area contributed by atoms with Gasteiger partial charge in [-0.1, -0.05) is 49.3 Å². The minimum absolute atomic E-state index is 0.0395. The van der Waals surface area contributed by atoms with Crippen LogP contribution < -0.4 is 5.56 Å². The van der Waals surface area contributed by atoms with Gasteiger partial charge in [0.25, 0.3) is 11.5 Å². The Morgan fingerprint density at radius 3 is 2.60 bits per heavy atom. The van der Waals surface area contributed by atoms with E-state index in [0.717, 1.165) is 28.9 Å². The van der Waals surface area contributed by atoms with Gasteiger partial charge < -0.3 is 14.0 Å². The van der Waals surface area contributed by atoms with Crippen LogP contribution in [0.3, 0.4) is 0 Å². The highest BCUT2D eigenvalue weighted by Gasteiger charge is 2.37. The summed E-state index contributed by atoms with van der Waals surface area (Å²) in [7, 11) is 0. The number of aromatic nitrogens is 2. The maximum atomic E-state index is 13.1. The molecule has 154 valence electrons. The fourth-order valence-corrected chi connectivity index (χ4v) is 4.74. The van der Waals surface area contributed by atoms with Crippen molar-refractivity contribution in [1.29, 1.82) is 0 Å². The molecule has 1 fully saturated rings. The number of hydrogen-bond donors (Lipinski definition) is 0. The highest BCUT2D eigenvalue weighted by Crippen LogP contribution is 2.37. The molecule has 2 bridgehead atoms. The summed E-state index contributed by atoms with van der Waals surface area (Å²) < 4.78 is 7.23. The second-order valence-electron chi connectivity index (χ2n) is 8.76. The lowest BCUT2D eigenvalue weighted by atomic mass is 9.82. The number of amides is 1. The van der Waals surface area contributed by atoms with Gasteiger partial charge in [-0.2, -0.15) is 0 Å². The molecular weight excluding hydrogens is 378 g/mol. The van der Waals surface area contributed by atoms with Gasteiger partial charge in [-0.15, -0.1) is 0 Å². The lowest BCUT2D eigenvalue weighted by Gasteiger charge is -2.42. The number of pyridine rings is 1. The molecule has 0 aliphatic carbocycles. The summed E-state index contributed by atoms with van der Waals surface area (Å²) in [6, 6.07) is 15.6. The third-order valence-corrected chi connectivity index (χ3v) is 6.28. The van der Waals surface area contributed by atoms with Crippen LogP contribution >= 0.6 is 0 Å². The molecule has 0 radical (unpaired) electrons. The molecule has 1 amide bonds. The van der Waals surface area contributed by atoms with Crippen molar-refractivity contribution in [1.82, 2.24) is 14.6 Å². The lowest BCUT2D eigenvalue weighted by molar-refractivity contribution is 0.0554. The van der Waals surface area contributed by atoms with E-state index in [1.165, 1.54) is 0 Å². The highest BCUT2D eigenvalue weighted by atomic mass is 16.5. The van der Waals surface area contributed by atoms with Crippen molar-refractivity contribution in [2.24, 2.45) is 5.92 Å². The Kier molecular flexibility index (Phi) is 4.57. The monoisotopic (exact) mass is 403 g/mol. The largest absolute Gasteiger partial charge is 0.351 e.